The number of benzene rings is 2. The lowest BCUT2D eigenvalue weighted by Crippen LogP contribution is -2.32. The predicted octanol–water partition coefficient (Wildman–Crippen LogP) is 2.30. The van der Waals surface area contributed by atoms with Gasteiger partial charge in [0.25, 0.3) is 5.78 Å². The maximum Gasteiger partial charge on any atom is 0.356 e. The molecule has 6 heteroatoms. The van der Waals surface area contributed by atoms with Crippen LogP contribution in [0.3, 0.4) is 0 Å². The summed E-state index contributed by atoms with van der Waals surface area (Å²) in [6.07, 6.45) is 0. The summed E-state index contributed by atoms with van der Waals surface area (Å²) >= 11 is 0. The Morgan fingerprint density at radius 3 is 2.08 bits per heavy atom. The zero-order valence-corrected chi connectivity index (χ0v) is 14.0. The molecule has 0 bridgehead atoms. The molecule has 6 nitrogen and oxygen atoms in total. The quantitative estimate of drug-likeness (QED) is 0.358. The van der Waals surface area contributed by atoms with Gasteiger partial charge in [-0.2, -0.15) is 0 Å². The van der Waals surface area contributed by atoms with Gasteiger partial charge < -0.3 is 4.74 Å². The van der Waals surface area contributed by atoms with Crippen LogP contribution in [-0.2, 0) is 19.1 Å². The van der Waals surface area contributed by atoms with Crippen LogP contribution in [0.4, 0.5) is 5.69 Å². The van der Waals surface area contributed by atoms with Crippen molar-refractivity contribution in [1.29, 1.82) is 0 Å². The van der Waals surface area contributed by atoms with Crippen molar-refractivity contribution in [3.63, 3.8) is 0 Å². The Morgan fingerprint density at radius 1 is 0.923 bits per heavy atom. The van der Waals surface area contributed by atoms with Crippen molar-refractivity contribution < 1.29 is 23.9 Å². The van der Waals surface area contributed by atoms with Gasteiger partial charge in [0.15, 0.2) is 11.5 Å². The molecule has 0 unspecified atom stereocenters. The van der Waals surface area contributed by atoms with Crippen molar-refractivity contribution in [3.05, 3.63) is 77.5 Å². The van der Waals surface area contributed by atoms with Gasteiger partial charge >= 0.3 is 11.9 Å². The molecular formula is C20H15NO5. The summed E-state index contributed by atoms with van der Waals surface area (Å²) in [5.41, 5.74) is -0.296. The number of nitrogens with zero attached hydrogens (tertiary/aromatic N) is 1. The highest BCUT2D eigenvalue weighted by Crippen LogP contribution is 2.31. The predicted molar refractivity (Wildman–Crippen MR) is 93.4 cm³/mol. The standard InChI is InChI=1S/C20H15NO5/c1-2-26-20(25)16-15(17(22)13-9-5-3-6-10-13)18(23)19(24)21(16)14-11-7-4-8-12-14/h3-12H,2H2,1H3. The molecular weight excluding hydrogens is 334 g/mol. The van der Waals surface area contributed by atoms with E-state index in [0.29, 0.717) is 5.69 Å². The summed E-state index contributed by atoms with van der Waals surface area (Å²) < 4.78 is 5.00. The number of anilines is 1. The summed E-state index contributed by atoms with van der Waals surface area (Å²) in [6.45, 7) is 1.64. The van der Waals surface area contributed by atoms with E-state index in [-0.39, 0.29) is 17.9 Å². The van der Waals surface area contributed by atoms with Crippen LogP contribution < -0.4 is 4.90 Å². The van der Waals surface area contributed by atoms with Gasteiger partial charge in [-0.25, -0.2) is 4.79 Å². The Morgan fingerprint density at radius 2 is 1.50 bits per heavy atom. The number of carbonyl (C=O) groups is 4. The maximum absolute atomic E-state index is 12.8. The Balaban J connectivity index is 2.19. The molecule has 2 aromatic carbocycles. The highest BCUT2D eigenvalue weighted by atomic mass is 16.5. The Hall–Kier alpha value is -3.54. The molecule has 2 aromatic rings. The molecule has 1 amide bonds. The first-order valence-corrected chi connectivity index (χ1v) is 8.01. The van der Waals surface area contributed by atoms with E-state index in [9.17, 15) is 19.2 Å². The number of esters is 1. The van der Waals surface area contributed by atoms with Crippen LogP contribution in [0.25, 0.3) is 0 Å². The second-order valence-corrected chi connectivity index (χ2v) is 5.44. The molecule has 0 radical (unpaired) electrons. The number of rotatable bonds is 5. The van der Waals surface area contributed by atoms with Gasteiger partial charge in [0.05, 0.1) is 6.61 Å². The minimum absolute atomic E-state index is 0.0418. The largest absolute Gasteiger partial charge is 0.461 e. The number of hydrogen-bond acceptors (Lipinski definition) is 5. The van der Waals surface area contributed by atoms with E-state index in [0.717, 1.165) is 4.90 Å². The SMILES string of the molecule is CCOC(=O)C1=C(C(=O)c2ccccc2)C(=O)C(=O)N1c1ccccc1. The van der Waals surface area contributed by atoms with E-state index >= 15 is 0 Å². The van der Waals surface area contributed by atoms with Crippen molar-refractivity contribution in [2.75, 3.05) is 11.5 Å². The monoisotopic (exact) mass is 349 g/mol. The minimum Gasteiger partial charge on any atom is -0.461 e. The first-order valence-electron chi connectivity index (χ1n) is 8.01. The van der Waals surface area contributed by atoms with Gasteiger partial charge in [-0.15, -0.1) is 0 Å². The van der Waals surface area contributed by atoms with E-state index in [1.54, 1.807) is 55.5 Å². The summed E-state index contributed by atoms with van der Waals surface area (Å²) in [5, 5.41) is 0. The van der Waals surface area contributed by atoms with E-state index in [1.165, 1.54) is 12.1 Å². The fraction of sp³-hybridized carbons (Fsp3) is 0.100. The van der Waals surface area contributed by atoms with Gasteiger partial charge in [-0.05, 0) is 19.1 Å². The summed E-state index contributed by atoms with van der Waals surface area (Å²) in [7, 11) is 0. The van der Waals surface area contributed by atoms with E-state index < -0.39 is 29.0 Å². The van der Waals surface area contributed by atoms with Crippen molar-refractivity contribution in [2.45, 2.75) is 6.92 Å². The average Bonchev–Trinajstić information content (AvgIpc) is 2.94. The van der Waals surface area contributed by atoms with Gasteiger partial charge in [0, 0.05) is 11.3 Å². The topological polar surface area (TPSA) is 80.8 Å². The molecule has 1 aliphatic heterocycles. The third kappa shape index (κ3) is 2.93. The summed E-state index contributed by atoms with van der Waals surface area (Å²) in [5.74, 6) is -3.57. The van der Waals surface area contributed by atoms with E-state index in [2.05, 4.69) is 0 Å². The maximum atomic E-state index is 12.8. The van der Waals surface area contributed by atoms with Gasteiger partial charge in [0.2, 0.25) is 0 Å². The molecule has 3 rings (SSSR count). The Bertz CT molecular complexity index is 916. The highest BCUT2D eigenvalue weighted by Gasteiger charge is 2.46. The minimum atomic E-state index is -1.02. The normalized spacial score (nSPS) is 14.0. The zero-order valence-electron chi connectivity index (χ0n) is 14.0. The zero-order chi connectivity index (χ0) is 18.7. The highest BCUT2D eigenvalue weighted by molar-refractivity contribution is 6.59. The molecule has 0 atom stereocenters. The number of Topliss-reactive ketones (excluding diaryl/α,β-unsaturated/α-hetero) is 2. The van der Waals surface area contributed by atoms with Crippen LogP contribution >= 0.6 is 0 Å². The average molecular weight is 349 g/mol. The van der Waals surface area contributed by atoms with Crippen LogP contribution in [0.1, 0.15) is 17.3 Å². The van der Waals surface area contributed by atoms with Crippen molar-refractivity contribution in [2.24, 2.45) is 0 Å². The second-order valence-electron chi connectivity index (χ2n) is 5.44. The molecule has 26 heavy (non-hydrogen) atoms. The van der Waals surface area contributed by atoms with E-state index in [1.807, 2.05) is 0 Å². The van der Waals surface area contributed by atoms with Gasteiger partial charge in [0.1, 0.15) is 5.57 Å². The number of amides is 1. The third-order valence-electron chi connectivity index (χ3n) is 3.83. The van der Waals surface area contributed by atoms with Crippen molar-refractivity contribution in [1.82, 2.24) is 0 Å². The smallest absolute Gasteiger partial charge is 0.356 e. The first kappa shape index (κ1) is 17.3. The molecule has 1 heterocycles. The molecule has 0 saturated carbocycles. The lowest BCUT2D eigenvalue weighted by Gasteiger charge is -2.18. The first-order chi connectivity index (χ1) is 12.6. The number of hydrogen-bond donors (Lipinski definition) is 0. The second kappa shape index (κ2) is 7.14. The van der Waals surface area contributed by atoms with Crippen molar-refractivity contribution in [3.8, 4) is 0 Å². The van der Waals surface area contributed by atoms with Crippen LogP contribution in [-0.4, -0.2) is 30.0 Å². The molecule has 1 aliphatic rings. The van der Waals surface area contributed by atoms with Crippen LogP contribution in [0.15, 0.2) is 71.9 Å². The molecule has 0 saturated heterocycles. The molecule has 0 spiro atoms. The van der Waals surface area contributed by atoms with Crippen LogP contribution in [0, 0.1) is 0 Å². The lowest BCUT2D eigenvalue weighted by molar-refractivity contribution is -0.139. The third-order valence-corrected chi connectivity index (χ3v) is 3.83. The molecule has 130 valence electrons. The van der Waals surface area contributed by atoms with Crippen LogP contribution in [0.5, 0.6) is 0 Å². The number of carbonyl (C=O) groups excluding carboxylic acids is 4. The number of ketones is 2. The fourth-order valence-corrected chi connectivity index (χ4v) is 2.69. The molecule has 0 fully saturated rings. The molecule has 0 aromatic heterocycles. The van der Waals surface area contributed by atoms with E-state index in [4.69, 9.17) is 4.74 Å². The summed E-state index contributed by atoms with van der Waals surface area (Å²) in [4.78, 5) is 51.4. The Labute approximate surface area is 149 Å². The number of ether oxygens (including phenoxy) is 1. The fourth-order valence-electron chi connectivity index (χ4n) is 2.69. The Kier molecular flexibility index (Phi) is 4.75. The molecule has 0 N–H and O–H groups in total. The van der Waals surface area contributed by atoms with Gasteiger partial charge in [-0.3, -0.25) is 19.3 Å². The van der Waals surface area contributed by atoms with Crippen LogP contribution in [0.2, 0.25) is 0 Å². The van der Waals surface area contributed by atoms with Gasteiger partial charge in [-0.1, -0.05) is 48.5 Å². The number of para-hydroxylation sites is 1. The van der Waals surface area contributed by atoms with Crippen molar-refractivity contribution >= 4 is 29.1 Å². The lowest BCUT2D eigenvalue weighted by atomic mass is 10.00. The molecule has 0 aliphatic carbocycles. The summed E-state index contributed by atoms with van der Waals surface area (Å²) in [6, 6.07) is 16.2.